The van der Waals surface area contributed by atoms with E-state index in [1.54, 1.807) is 12.3 Å². The molecule has 4 rings (SSSR count). The Bertz CT molecular complexity index is 903. The second-order valence-electron chi connectivity index (χ2n) is 8.32. The SMILES string of the molecule is CCC1CC(NC(C)c2cc(F)c(-c3ccnc(C4CCCC4)c3)cc2F)=CN1. The molecule has 0 radical (unpaired) electrons. The summed E-state index contributed by atoms with van der Waals surface area (Å²) in [6.45, 7) is 3.99. The zero-order chi connectivity index (χ0) is 20.4. The van der Waals surface area contributed by atoms with Crippen LogP contribution in [0.3, 0.4) is 0 Å². The smallest absolute Gasteiger partial charge is 0.131 e. The fourth-order valence-electron chi connectivity index (χ4n) is 4.50. The Balaban J connectivity index is 1.55. The van der Waals surface area contributed by atoms with Crippen LogP contribution in [0.15, 0.2) is 42.4 Å². The van der Waals surface area contributed by atoms with E-state index in [4.69, 9.17) is 0 Å². The number of nitrogens with zero attached hydrogens (tertiary/aromatic N) is 1. The number of nitrogens with one attached hydrogen (secondary N) is 2. The molecule has 2 aliphatic rings. The van der Waals surface area contributed by atoms with E-state index in [2.05, 4.69) is 22.5 Å². The average Bonchev–Trinajstić information content (AvgIpc) is 3.41. The lowest BCUT2D eigenvalue weighted by atomic mass is 9.96. The molecule has 154 valence electrons. The Hall–Kier alpha value is -2.43. The Kier molecular flexibility index (Phi) is 5.84. The quantitative estimate of drug-likeness (QED) is 0.633. The van der Waals surface area contributed by atoms with E-state index < -0.39 is 5.82 Å². The molecule has 2 unspecified atom stereocenters. The number of aromatic nitrogens is 1. The van der Waals surface area contributed by atoms with Crippen LogP contribution in [0.1, 0.15) is 75.6 Å². The highest BCUT2D eigenvalue weighted by Crippen LogP contribution is 2.35. The summed E-state index contributed by atoms with van der Waals surface area (Å²) in [5.41, 5.74) is 3.36. The van der Waals surface area contributed by atoms with Crippen molar-refractivity contribution in [1.82, 2.24) is 15.6 Å². The van der Waals surface area contributed by atoms with Crippen molar-refractivity contribution in [3.63, 3.8) is 0 Å². The summed E-state index contributed by atoms with van der Waals surface area (Å²) in [5, 5.41) is 6.61. The molecule has 5 heteroatoms. The van der Waals surface area contributed by atoms with Crippen LogP contribution in [0.25, 0.3) is 11.1 Å². The van der Waals surface area contributed by atoms with Crippen LogP contribution in [0, 0.1) is 11.6 Å². The first-order valence-corrected chi connectivity index (χ1v) is 10.7. The summed E-state index contributed by atoms with van der Waals surface area (Å²) in [7, 11) is 0. The van der Waals surface area contributed by atoms with Gasteiger partial charge in [-0.15, -0.1) is 0 Å². The Labute approximate surface area is 171 Å². The first-order chi connectivity index (χ1) is 14.0. The summed E-state index contributed by atoms with van der Waals surface area (Å²) in [4.78, 5) is 4.48. The third-order valence-corrected chi connectivity index (χ3v) is 6.27. The number of rotatable bonds is 6. The third-order valence-electron chi connectivity index (χ3n) is 6.27. The van der Waals surface area contributed by atoms with Crippen LogP contribution < -0.4 is 10.6 Å². The van der Waals surface area contributed by atoms with Crippen LogP contribution in [-0.2, 0) is 0 Å². The van der Waals surface area contributed by atoms with Crippen molar-refractivity contribution in [2.45, 2.75) is 70.4 Å². The molecule has 2 heterocycles. The predicted molar refractivity (Wildman–Crippen MR) is 112 cm³/mol. The van der Waals surface area contributed by atoms with Gasteiger partial charge in [-0.3, -0.25) is 4.98 Å². The number of benzene rings is 1. The highest BCUT2D eigenvalue weighted by Gasteiger charge is 2.22. The zero-order valence-corrected chi connectivity index (χ0v) is 17.1. The van der Waals surface area contributed by atoms with E-state index in [9.17, 15) is 8.78 Å². The molecule has 2 aromatic rings. The van der Waals surface area contributed by atoms with E-state index in [1.165, 1.54) is 25.0 Å². The minimum absolute atomic E-state index is 0.299. The molecule has 2 N–H and O–H groups in total. The molecule has 3 nitrogen and oxygen atoms in total. The van der Waals surface area contributed by atoms with Gasteiger partial charge in [0.25, 0.3) is 0 Å². The molecule has 0 spiro atoms. The van der Waals surface area contributed by atoms with E-state index in [-0.39, 0.29) is 11.9 Å². The van der Waals surface area contributed by atoms with Gasteiger partial charge in [-0.05, 0) is 56.0 Å². The molecular weight excluding hydrogens is 368 g/mol. The van der Waals surface area contributed by atoms with Crippen LogP contribution in [0.5, 0.6) is 0 Å². The van der Waals surface area contributed by atoms with Crippen LogP contribution in [-0.4, -0.2) is 11.0 Å². The second kappa shape index (κ2) is 8.52. The molecule has 1 aliphatic carbocycles. The lowest BCUT2D eigenvalue weighted by molar-refractivity contribution is 0.535. The van der Waals surface area contributed by atoms with Crippen LogP contribution in [0.4, 0.5) is 8.78 Å². The van der Waals surface area contributed by atoms with Crippen molar-refractivity contribution in [2.24, 2.45) is 0 Å². The molecule has 1 aromatic heterocycles. The van der Waals surface area contributed by atoms with Gasteiger partial charge < -0.3 is 10.6 Å². The standard InChI is InChI=1S/C24H29F2N3/c1-3-18-11-19(14-28-18)29-15(2)20-12-23(26)21(13-22(20)25)17-8-9-27-24(10-17)16-6-4-5-7-16/h8-10,12-16,18,28-29H,3-7,11H2,1-2H3. The van der Waals surface area contributed by atoms with E-state index >= 15 is 0 Å². The Morgan fingerprint density at radius 1 is 1.17 bits per heavy atom. The third kappa shape index (κ3) is 4.29. The first-order valence-electron chi connectivity index (χ1n) is 10.7. The van der Waals surface area contributed by atoms with Gasteiger partial charge in [-0.1, -0.05) is 19.8 Å². The minimum atomic E-state index is -0.399. The van der Waals surface area contributed by atoms with Gasteiger partial charge in [-0.2, -0.15) is 0 Å². The molecule has 29 heavy (non-hydrogen) atoms. The van der Waals surface area contributed by atoms with Crippen LogP contribution in [0.2, 0.25) is 0 Å². The van der Waals surface area contributed by atoms with Crippen LogP contribution >= 0.6 is 0 Å². The topological polar surface area (TPSA) is 37.0 Å². The maximum atomic E-state index is 15.0. The largest absolute Gasteiger partial charge is 0.386 e. The molecule has 1 fully saturated rings. The maximum Gasteiger partial charge on any atom is 0.131 e. The van der Waals surface area contributed by atoms with E-state index in [0.717, 1.165) is 37.1 Å². The zero-order valence-electron chi connectivity index (χ0n) is 17.1. The van der Waals surface area contributed by atoms with Gasteiger partial charge in [0.15, 0.2) is 0 Å². The molecule has 1 aliphatic heterocycles. The summed E-state index contributed by atoms with van der Waals surface area (Å²) in [6.07, 6.45) is 10.2. The van der Waals surface area contributed by atoms with Crippen molar-refractivity contribution >= 4 is 0 Å². The van der Waals surface area contributed by atoms with Crippen molar-refractivity contribution < 1.29 is 8.78 Å². The number of halogens is 2. The first kappa shape index (κ1) is 19.9. The van der Waals surface area contributed by atoms with Gasteiger partial charge in [0.1, 0.15) is 11.6 Å². The lowest BCUT2D eigenvalue weighted by Crippen LogP contribution is -2.20. The summed E-state index contributed by atoms with van der Waals surface area (Å²) in [6, 6.07) is 6.44. The fourth-order valence-corrected chi connectivity index (χ4v) is 4.50. The molecule has 1 saturated carbocycles. The Morgan fingerprint density at radius 3 is 2.69 bits per heavy atom. The van der Waals surface area contributed by atoms with Gasteiger partial charge in [-0.25, -0.2) is 8.78 Å². The lowest BCUT2D eigenvalue weighted by Gasteiger charge is -2.19. The van der Waals surface area contributed by atoms with Gasteiger partial charge >= 0.3 is 0 Å². The van der Waals surface area contributed by atoms with Gasteiger partial charge in [0.2, 0.25) is 0 Å². The number of hydrogen-bond donors (Lipinski definition) is 2. The molecule has 1 aromatic carbocycles. The highest BCUT2D eigenvalue weighted by atomic mass is 19.1. The fraction of sp³-hybridized carbons (Fsp3) is 0.458. The van der Waals surface area contributed by atoms with Crippen molar-refractivity contribution in [3.05, 3.63) is 65.3 Å². The van der Waals surface area contributed by atoms with E-state index in [1.807, 2.05) is 19.2 Å². The maximum absolute atomic E-state index is 15.0. The van der Waals surface area contributed by atoms with E-state index in [0.29, 0.717) is 28.7 Å². The molecule has 0 amide bonds. The predicted octanol–water partition coefficient (Wildman–Crippen LogP) is 5.95. The van der Waals surface area contributed by atoms with Crippen molar-refractivity contribution in [3.8, 4) is 11.1 Å². The minimum Gasteiger partial charge on any atom is -0.386 e. The molecular formula is C24H29F2N3. The second-order valence-corrected chi connectivity index (χ2v) is 8.32. The van der Waals surface area contributed by atoms with Crippen molar-refractivity contribution in [1.29, 1.82) is 0 Å². The summed E-state index contributed by atoms with van der Waals surface area (Å²) < 4.78 is 29.9. The number of pyridine rings is 1. The summed E-state index contributed by atoms with van der Waals surface area (Å²) >= 11 is 0. The average molecular weight is 398 g/mol. The Morgan fingerprint density at radius 2 is 1.97 bits per heavy atom. The normalized spacial score (nSPS) is 20.4. The van der Waals surface area contributed by atoms with Gasteiger partial charge in [0.05, 0.1) is 6.04 Å². The van der Waals surface area contributed by atoms with Gasteiger partial charge in [0, 0.05) is 53.3 Å². The number of hydrogen-bond acceptors (Lipinski definition) is 3. The highest BCUT2D eigenvalue weighted by molar-refractivity contribution is 5.65. The molecule has 0 bridgehead atoms. The molecule has 2 atom stereocenters. The monoisotopic (exact) mass is 397 g/mol. The molecule has 0 saturated heterocycles. The van der Waals surface area contributed by atoms with Crippen molar-refractivity contribution in [2.75, 3.05) is 0 Å². The summed E-state index contributed by atoms with van der Waals surface area (Å²) in [5.74, 6) is -0.352.